The minimum Gasteiger partial charge on any atom is -0.494 e. The second-order valence-corrected chi connectivity index (χ2v) is 3.94. The average molecular weight is 222 g/mol. The lowest BCUT2D eigenvalue weighted by atomic mass is 10.00. The largest absolute Gasteiger partial charge is 0.494 e. The van der Waals surface area contributed by atoms with Crippen molar-refractivity contribution in [3.63, 3.8) is 0 Å². The maximum absolute atomic E-state index is 12.6. The third-order valence-corrected chi connectivity index (χ3v) is 2.18. The van der Waals surface area contributed by atoms with Gasteiger partial charge in [-0.25, -0.2) is 4.39 Å². The molecule has 1 unspecified atom stereocenters. The van der Waals surface area contributed by atoms with Crippen molar-refractivity contribution in [3.05, 3.63) is 30.1 Å². The summed E-state index contributed by atoms with van der Waals surface area (Å²) in [4.78, 5) is 0. The van der Waals surface area contributed by atoms with Gasteiger partial charge in [0.1, 0.15) is 17.1 Å². The number of hydrogen-bond acceptors (Lipinski definition) is 3. The van der Waals surface area contributed by atoms with E-state index in [2.05, 4.69) is 0 Å². The van der Waals surface area contributed by atoms with E-state index in [1.165, 1.54) is 12.1 Å². The first-order valence-electron chi connectivity index (χ1n) is 5.12. The van der Waals surface area contributed by atoms with Crippen LogP contribution in [0.4, 0.5) is 4.39 Å². The van der Waals surface area contributed by atoms with Crippen molar-refractivity contribution in [2.24, 2.45) is 5.73 Å². The Balaban J connectivity index is 2.27. The van der Waals surface area contributed by atoms with Crippen LogP contribution in [0.1, 0.15) is 19.8 Å². The molecule has 1 rings (SSSR count). The molecule has 0 amide bonds. The zero-order valence-corrected chi connectivity index (χ0v) is 9.24. The Bertz CT molecular complexity index is 368. The van der Waals surface area contributed by atoms with E-state index < -0.39 is 5.54 Å². The van der Waals surface area contributed by atoms with E-state index in [1.54, 1.807) is 19.1 Å². The lowest BCUT2D eigenvalue weighted by Gasteiger charge is -2.14. The third-order valence-electron chi connectivity index (χ3n) is 2.18. The summed E-state index contributed by atoms with van der Waals surface area (Å²) in [7, 11) is 0. The van der Waals surface area contributed by atoms with E-state index in [0.29, 0.717) is 25.2 Å². The minimum absolute atomic E-state index is 0.286. The normalized spacial score (nSPS) is 13.9. The molecular formula is C12H15FN2O. The van der Waals surface area contributed by atoms with Crippen LogP contribution in [0.5, 0.6) is 5.75 Å². The molecule has 2 N–H and O–H groups in total. The molecule has 4 heteroatoms. The van der Waals surface area contributed by atoms with E-state index in [0.717, 1.165) is 0 Å². The van der Waals surface area contributed by atoms with Gasteiger partial charge in [-0.2, -0.15) is 5.26 Å². The van der Waals surface area contributed by atoms with Crippen LogP contribution in [-0.4, -0.2) is 12.1 Å². The van der Waals surface area contributed by atoms with Crippen molar-refractivity contribution >= 4 is 0 Å². The SMILES string of the molecule is CC(N)(C#N)CCCOc1ccc(F)cc1. The summed E-state index contributed by atoms with van der Waals surface area (Å²) >= 11 is 0. The summed E-state index contributed by atoms with van der Waals surface area (Å²) < 4.78 is 17.9. The number of nitriles is 1. The molecule has 0 saturated heterocycles. The van der Waals surface area contributed by atoms with Crippen molar-refractivity contribution in [1.82, 2.24) is 0 Å². The fourth-order valence-electron chi connectivity index (χ4n) is 1.22. The van der Waals surface area contributed by atoms with Crippen molar-refractivity contribution in [2.45, 2.75) is 25.3 Å². The van der Waals surface area contributed by atoms with E-state index in [-0.39, 0.29) is 5.82 Å². The summed E-state index contributed by atoms with van der Waals surface area (Å²) in [5.41, 5.74) is 4.85. The standard InChI is InChI=1S/C12H15FN2O/c1-12(15,9-14)7-2-8-16-11-5-3-10(13)4-6-11/h3-6H,2,7-8,15H2,1H3. The predicted molar refractivity (Wildman–Crippen MR) is 59.3 cm³/mol. The Hall–Kier alpha value is -1.60. The molecule has 1 aromatic rings. The molecule has 0 aliphatic heterocycles. The number of halogens is 1. The number of rotatable bonds is 5. The van der Waals surface area contributed by atoms with Crippen LogP contribution in [0.15, 0.2) is 24.3 Å². The molecule has 0 aliphatic carbocycles. The molecule has 1 atom stereocenters. The monoisotopic (exact) mass is 222 g/mol. The van der Waals surface area contributed by atoms with Crippen LogP contribution in [0.3, 0.4) is 0 Å². The molecule has 0 saturated carbocycles. The zero-order chi connectivity index (χ0) is 12.0. The molecule has 0 spiro atoms. The zero-order valence-electron chi connectivity index (χ0n) is 9.24. The van der Waals surface area contributed by atoms with Gasteiger partial charge in [0.25, 0.3) is 0 Å². The Morgan fingerprint density at radius 1 is 1.44 bits per heavy atom. The molecular weight excluding hydrogens is 207 g/mol. The van der Waals surface area contributed by atoms with Crippen LogP contribution < -0.4 is 10.5 Å². The minimum atomic E-state index is -0.799. The molecule has 0 radical (unpaired) electrons. The molecule has 0 fully saturated rings. The van der Waals surface area contributed by atoms with Crippen molar-refractivity contribution in [2.75, 3.05) is 6.61 Å². The predicted octanol–water partition coefficient (Wildman–Crippen LogP) is 2.23. The second-order valence-electron chi connectivity index (χ2n) is 3.94. The smallest absolute Gasteiger partial charge is 0.123 e. The summed E-state index contributed by atoms with van der Waals surface area (Å²) in [6.45, 7) is 2.16. The van der Waals surface area contributed by atoms with Gasteiger partial charge in [-0.05, 0) is 44.0 Å². The van der Waals surface area contributed by atoms with Crippen molar-refractivity contribution < 1.29 is 9.13 Å². The maximum atomic E-state index is 12.6. The van der Waals surface area contributed by atoms with Gasteiger partial charge in [0, 0.05) is 0 Å². The number of benzene rings is 1. The summed E-state index contributed by atoms with van der Waals surface area (Å²) in [5, 5.41) is 8.68. The molecule has 0 aromatic heterocycles. The van der Waals surface area contributed by atoms with E-state index in [4.69, 9.17) is 15.7 Å². The Labute approximate surface area is 94.6 Å². The number of ether oxygens (including phenoxy) is 1. The van der Waals surface area contributed by atoms with Crippen LogP contribution in [-0.2, 0) is 0 Å². The van der Waals surface area contributed by atoms with Gasteiger partial charge in [-0.1, -0.05) is 0 Å². The molecule has 1 aromatic carbocycles. The third kappa shape index (κ3) is 4.28. The molecule has 16 heavy (non-hydrogen) atoms. The van der Waals surface area contributed by atoms with Gasteiger partial charge in [-0.3, -0.25) is 0 Å². The Morgan fingerprint density at radius 2 is 2.06 bits per heavy atom. The van der Waals surface area contributed by atoms with Crippen LogP contribution in [0.25, 0.3) is 0 Å². The topological polar surface area (TPSA) is 59.0 Å². The molecule has 86 valence electrons. The fraction of sp³-hybridized carbons (Fsp3) is 0.417. The highest BCUT2D eigenvalue weighted by Crippen LogP contribution is 2.13. The van der Waals surface area contributed by atoms with Gasteiger partial charge in [0.15, 0.2) is 0 Å². The van der Waals surface area contributed by atoms with Gasteiger partial charge >= 0.3 is 0 Å². The highest BCUT2D eigenvalue weighted by molar-refractivity contribution is 5.21. The lowest BCUT2D eigenvalue weighted by Crippen LogP contribution is -2.34. The Kier molecular flexibility index (Phi) is 4.27. The highest BCUT2D eigenvalue weighted by Gasteiger charge is 2.15. The summed E-state index contributed by atoms with van der Waals surface area (Å²) in [5.74, 6) is 0.337. The molecule has 0 aliphatic rings. The van der Waals surface area contributed by atoms with E-state index >= 15 is 0 Å². The van der Waals surface area contributed by atoms with Gasteiger partial charge in [0.2, 0.25) is 0 Å². The summed E-state index contributed by atoms with van der Waals surface area (Å²) in [6.07, 6.45) is 1.27. The highest BCUT2D eigenvalue weighted by atomic mass is 19.1. The van der Waals surface area contributed by atoms with Gasteiger partial charge in [-0.15, -0.1) is 0 Å². The summed E-state index contributed by atoms with van der Waals surface area (Å²) in [6, 6.07) is 7.85. The van der Waals surface area contributed by atoms with Crippen LogP contribution in [0.2, 0.25) is 0 Å². The molecule has 0 heterocycles. The number of nitrogens with two attached hydrogens (primary N) is 1. The first kappa shape index (κ1) is 12.5. The van der Waals surface area contributed by atoms with E-state index in [9.17, 15) is 4.39 Å². The van der Waals surface area contributed by atoms with Gasteiger partial charge in [0.05, 0.1) is 12.7 Å². The van der Waals surface area contributed by atoms with Gasteiger partial charge < -0.3 is 10.5 Å². The number of hydrogen-bond donors (Lipinski definition) is 1. The molecule has 0 bridgehead atoms. The van der Waals surface area contributed by atoms with Crippen molar-refractivity contribution in [1.29, 1.82) is 5.26 Å². The van der Waals surface area contributed by atoms with Crippen LogP contribution >= 0.6 is 0 Å². The first-order chi connectivity index (χ1) is 7.53. The lowest BCUT2D eigenvalue weighted by molar-refractivity contribution is 0.295. The number of nitrogens with zero attached hydrogens (tertiary/aromatic N) is 1. The van der Waals surface area contributed by atoms with Crippen LogP contribution in [0, 0.1) is 17.1 Å². The van der Waals surface area contributed by atoms with E-state index in [1.807, 2.05) is 6.07 Å². The fourth-order valence-corrected chi connectivity index (χ4v) is 1.22. The first-order valence-corrected chi connectivity index (χ1v) is 5.12. The quantitative estimate of drug-likeness (QED) is 0.777. The Morgan fingerprint density at radius 3 is 2.62 bits per heavy atom. The average Bonchev–Trinajstić information content (AvgIpc) is 2.27. The second kappa shape index (κ2) is 5.47. The van der Waals surface area contributed by atoms with Crippen molar-refractivity contribution in [3.8, 4) is 11.8 Å². The molecule has 3 nitrogen and oxygen atoms in total. The maximum Gasteiger partial charge on any atom is 0.123 e.